The van der Waals surface area contributed by atoms with E-state index in [0.29, 0.717) is 12.5 Å². The van der Waals surface area contributed by atoms with E-state index < -0.39 is 0 Å². The van der Waals surface area contributed by atoms with Gasteiger partial charge in [0.2, 0.25) is 5.91 Å². The topological polar surface area (TPSA) is 32.3 Å². The summed E-state index contributed by atoms with van der Waals surface area (Å²) in [6.45, 7) is 1.85. The summed E-state index contributed by atoms with van der Waals surface area (Å²) in [5.41, 5.74) is 1.23. The Labute approximate surface area is 113 Å². The maximum atomic E-state index is 12.0. The van der Waals surface area contributed by atoms with Crippen LogP contribution >= 0.6 is 11.3 Å². The molecule has 4 heteroatoms. The van der Waals surface area contributed by atoms with Gasteiger partial charge in [-0.3, -0.25) is 4.79 Å². The van der Waals surface area contributed by atoms with Crippen molar-refractivity contribution in [1.29, 1.82) is 0 Å². The Morgan fingerprint density at radius 2 is 2.44 bits per heavy atom. The molecule has 1 aliphatic heterocycles. The summed E-state index contributed by atoms with van der Waals surface area (Å²) in [5.74, 6) is 0.258. The molecule has 1 N–H and O–H groups in total. The molecule has 0 radical (unpaired) electrons. The third kappa shape index (κ3) is 4.10. The average Bonchev–Trinajstić information content (AvgIpc) is 2.90. The zero-order valence-electron chi connectivity index (χ0n) is 11.0. The largest absolute Gasteiger partial charge is 0.341 e. The minimum Gasteiger partial charge on any atom is -0.341 e. The average molecular weight is 266 g/mol. The SMILES string of the molecule is CN(Cc1ccsc1)C(=O)CCC1CCCCN1. The number of nitrogens with zero attached hydrogens (tertiary/aromatic N) is 1. The van der Waals surface area contributed by atoms with Gasteiger partial charge in [0.1, 0.15) is 0 Å². The lowest BCUT2D eigenvalue weighted by Gasteiger charge is -2.24. The zero-order chi connectivity index (χ0) is 12.8. The first kappa shape index (κ1) is 13.6. The summed E-state index contributed by atoms with van der Waals surface area (Å²) in [7, 11) is 1.90. The van der Waals surface area contributed by atoms with Crippen LogP contribution in [0.25, 0.3) is 0 Å². The fraction of sp³-hybridized carbons (Fsp3) is 0.643. The van der Waals surface area contributed by atoms with Crippen LogP contribution in [-0.2, 0) is 11.3 Å². The van der Waals surface area contributed by atoms with Gasteiger partial charge in [0, 0.05) is 26.1 Å². The van der Waals surface area contributed by atoms with Crippen molar-refractivity contribution in [3.8, 4) is 0 Å². The van der Waals surface area contributed by atoms with Crippen molar-refractivity contribution in [2.24, 2.45) is 0 Å². The second-order valence-electron chi connectivity index (χ2n) is 5.07. The number of carbonyl (C=O) groups is 1. The van der Waals surface area contributed by atoms with Crippen LogP contribution in [0.5, 0.6) is 0 Å². The molecule has 1 unspecified atom stereocenters. The molecule has 2 rings (SSSR count). The van der Waals surface area contributed by atoms with Gasteiger partial charge in [0.15, 0.2) is 0 Å². The first-order chi connectivity index (χ1) is 8.75. The molecule has 0 spiro atoms. The molecule has 100 valence electrons. The van der Waals surface area contributed by atoms with E-state index in [-0.39, 0.29) is 5.91 Å². The fourth-order valence-corrected chi connectivity index (χ4v) is 3.06. The fourth-order valence-electron chi connectivity index (χ4n) is 2.40. The van der Waals surface area contributed by atoms with E-state index in [9.17, 15) is 4.79 Å². The van der Waals surface area contributed by atoms with Crippen LogP contribution in [0.1, 0.15) is 37.7 Å². The van der Waals surface area contributed by atoms with Crippen molar-refractivity contribution in [2.75, 3.05) is 13.6 Å². The Kier molecular flexibility index (Phi) is 5.20. The third-order valence-electron chi connectivity index (χ3n) is 3.54. The van der Waals surface area contributed by atoms with Crippen LogP contribution in [-0.4, -0.2) is 30.4 Å². The molecule has 3 nitrogen and oxygen atoms in total. The lowest BCUT2D eigenvalue weighted by Crippen LogP contribution is -2.35. The van der Waals surface area contributed by atoms with Crippen LogP contribution in [0.15, 0.2) is 16.8 Å². The highest BCUT2D eigenvalue weighted by molar-refractivity contribution is 7.07. The van der Waals surface area contributed by atoms with Crippen LogP contribution in [0, 0.1) is 0 Å². The summed E-state index contributed by atoms with van der Waals surface area (Å²) in [5, 5.41) is 7.65. The number of rotatable bonds is 5. The van der Waals surface area contributed by atoms with Crippen LogP contribution in [0.2, 0.25) is 0 Å². The van der Waals surface area contributed by atoms with E-state index in [0.717, 1.165) is 19.5 Å². The van der Waals surface area contributed by atoms with Crippen LogP contribution < -0.4 is 5.32 Å². The summed E-state index contributed by atoms with van der Waals surface area (Å²) in [4.78, 5) is 13.9. The summed E-state index contributed by atoms with van der Waals surface area (Å²) < 4.78 is 0. The van der Waals surface area contributed by atoms with Gasteiger partial charge in [-0.15, -0.1) is 0 Å². The molecule has 0 aliphatic carbocycles. The number of nitrogens with one attached hydrogen (secondary N) is 1. The second kappa shape index (κ2) is 6.90. The Balaban J connectivity index is 1.70. The minimum absolute atomic E-state index is 0.258. The second-order valence-corrected chi connectivity index (χ2v) is 5.85. The van der Waals surface area contributed by atoms with Gasteiger partial charge >= 0.3 is 0 Å². The maximum absolute atomic E-state index is 12.0. The molecule has 1 amide bonds. The quantitative estimate of drug-likeness (QED) is 0.888. The van der Waals surface area contributed by atoms with E-state index in [1.165, 1.54) is 24.8 Å². The van der Waals surface area contributed by atoms with E-state index in [1.54, 1.807) is 11.3 Å². The molecule has 2 heterocycles. The van der Waals surface area contributed by atoms with Crippen molar-refractivity contribution in [3.05, 3.63) is 22.4 Å². The molecule has 1 atom stereocenters. The number of amides is 1. The van der Waals surface area contributed by atoms with E-state index >= 15 is 0 Å². The van der Waals surface area contributed by atoms with Gasteiger partial charge in [0.25, 0.3) is 0 Å². The highest BCUT2D eigenvalue weighted by Crippen LogP contribution is 2.14. The maximum Gasteiger partial charge on any atom is 0.222 e. The number of thiophene rings is 1. The van der Waals surface area contributed by atoms with Crippen molar-refractivity contribution >= 4 is 17.2 Å². The predicted molar refractivity (Wildman–Crippen MR) is 75.7 cm³/mol. The van der Waals surface area contributed by atoms with Crippen LogP contribution in [0.3, 0.4) is 0 Å². The van der Waals surface area contributed by atoms with Crippen molar-refractivity contribution < 1.29 is 4.79 Å². The lowest BCUT2D eigenvalue weighted by molar-refractivity contribution is -0.130. The van der Waals surface area contributed by atoms with Crippen molar-refractivity contribution in [2.45, 2.75) is 44.7 Å². The highest BCUT2D eigenvalue weighted by Gasteiger charge is 2.16. The summed E-state index contributed by atoms with van der Waals surface area (Å²) in [6.07, 6.45) is 5.45. The molecular weight excluding hydrogens is 244 g/mol. The predicted octanol–water partition coefficient (Wildman–Crippen LogP) is 2.63. The number of carbonyl (C=O) groups excluding carboxylic acids is 1. The zero-order valence-corrected chi connectivity index (χ0v) is 11.8. The highest BCUT2D eigenvalue weighted by atomic mass is 32.1. The standard InChI is InChI=1S/C14H22N2OS/c1-16(10-12-7-9-18-11-12)14(17)6-5-13-4-2-3-8-15-13/h7,9,11,13,15H,2-6,8,10H2,1H3. The van der Waals surface area contributed by atoms with Crippen molar-refractivity contribution in [3.63, 3.8) is 0 Å². The van der Waals surface area contributed by atoms with Gasteiger partial charge in [-0.1, -0.05) is 6.42 Å². The van der Waals surface area contributed by atoms with Gasteiger partial charge < -0.3 is 10.2 Å². The Hall–Kier alpha value is -0.870. The van der Waals surface area contributed by atoms with E-state index in [2.05, 4.69) is 22.1 Å². The van der Waals surface area contributed by atoms with E-state index in [4.69, 9.17) is 0 Å². The molecule has 0 aromatic carbocycles. The smallest absolute Gasteiger partial charge is 0.222 e. The first-order valence-corrected chi connectivity index (χ1v) is 7.68. The molecule has 1 aromatic heterocycles. The Morgan fingerprint density at radius 3 is 3.11 bits per heavy atom. The normalized spacial score (nSPS) is 19.7. The molecule has 1 aliphatic rings. The molecule has 1 saturated heterocycles. The van der Waals surface area contributed by atoms with Gasteiger partial charge in [-0.25, -0.2) is 0 Å². The van der Waals surface area contributed by atoms with Crippen LogP contribution in [0.4, 0.5) is 0 Å². The lowest BCUT2D eigenvalue weighted by atomic mass is 10.0. The number of piperidine rings is 1. The number of hydrogen-bond donors (Lipinski definition) is 1. The Bertz CT molecular complexity index is 358. The Morgan fingerprint density at radius 1 is 1.56 bits per heavy atom. The molecule has 1 fully saturated rings. The van der Waals surface area contributed by atoms with Crippen molar-refractivity contribution in [1.82, 2.24) is 10.2 Å². The molecule has 18 heavy (non-hydrogen) atoms. The van der Waals surface area contributed by atoms with Gasteiger partial charge in [-0.05, 0) is 48.2 Å². The molecule has 0 bridgehead atoms. The number of hydrogen-bond acceptors (Lipinski definition) is 3. The minimum atomic E-state index is 0.258. The van der Waals surface area contributed by atoms with Gasteiger partial charge in [0.05, 0.1) is 0 Å². The van der Waals surface area contributed by atoms with E-state index in [1.807, 2.05) is 11.9 Å². The molecular formula is C14H22N2OS. The molecule has 1 aromatic rings. The molecule has 0 saturated carbocycles. The first-order valence-electron chi connectivity index (χ1n) is 6.74. The monoisotopic (exact) mass is 266 g/mol. The summed E-state index contributed by atoms with van der Waals surface area (Å²) >= 11 is 1.68. The third-order valence-corrected chi connectivity index (χ3v) is 4.28. The van der Waals surface area contributed by atoms with Gasteiger partial charge in [-0.2, -0.15) is 11.3 Å². The summed E-state index contributed by atoms with van der Waals surface area (Å²) in [6, 6.07) is 2.63.